The van der Waals surface area contributed by atoms with Crippen LogP contribution in [0.5, 0.6) is 0 Å². The first-order valence-corrected chi connectivity index (χ1v) is 7.89. The molecular weight excluding hydrogens is 242 g/mol. The van der Waals surface area contributed by atoms with Crippen LogP contribution in [-0.2, 0) is 14.2 Å². The van der Waals surface area contributed by atoms with Crippen molar-refractivity contribution < 1.29 is 14.2 Å². The predicted octanol–water partition coefficient (Wildman–Crippen LogP) is 1.86. The van der Waals surface area contributed by atoms with Gasteiger partial charge in [0.2, 0.25) is 0 Å². The second-order valence-corrected chi connectivity index (χ2v) is 6.40. The van der Waals surface area contributed by atoms with Gasteiger partial charge in [0.05, 0.1) is 24.4 Å². The first-order valence-electron chi connectivity index (χ1n) is 7.89. The summed E-state index contributed by atoms with van der Waals surface area (Å²) in [5.41, 5.74) is 5.84. The Morgan fingerprint density at radius 3 is 2.84 bits per heavy atom. The lowest BCUT2D eigenvalue weighted by Gasteiger charge is -2.40. The summed E-state index contributed by atoms with van der Waals surface area (Å²) in [7, 11) is 0. The van der Waals surface area contributed by atoms with Crippen molar-refractivity contribution >= 4 is 0 Å². The van der Waals surface area contributed by atoms with E-state index >= 15 is 0 Å². The maximum Gasteiger partial charge on any atom is 0.0961 e. The number of hydrogen-bond donors (Lipinski definition) is 1. The monoisotopic (exact) mass is 269 g/mol. The molecule has 2 heterocycles. The van der Waals surface area contributed by atoms with Crippen LogP contribution in [0.2, 0.25) is 0 Å². The Morgan fingerprint density at radius 2 is 2.05 bits per heavy atom. The van der Waals surface area contributed by atoms with Crippen LogP contribution in [0.25, 0.3) is 0 Å². The lowest BCUT2D eigenvalue weighted by Crippen LogP contribution is -2.45. The van der Waals surface area contributed by atoms with Gasteiger partial charge in [-0.25, -0.2) is 0 Å². The highest BCUT2D eigenvalue weighted by molar-refractivity contribution is 4.91. The van der Waals surface area contributed by atoms with E-state index in [9.17, 15) is 0 Å². The van der Waals surface area contributed by atoms with Crippen molar-refractivity contribution in [1.82, 2.24) is 0 Å². The highest BCUT2D eigenvalue weighted by Crippen LogP contribution is 2.36. The van der Waals surface area contributed by atoms with Crippen LogP contribution in [-0.4, -0.2) is 44.2 Å². The maximum absolute atomic E-state index is 6.41. The molecule has 0 amide bonds. The van der Waals surface area contributed by atoms with Gasteiger partial charge in [-0.05, 0) is 31.7 Å². The third kappa shape index (κ3) is 3.13. The molecule has 3 fully saturated rings. The molecule has 0 aromatic carbocycles. The van der Waals surface area contributed by atoms with Gasteiger partial charge < -0.3 is 19.9 Å². The van der Waals surface area contributed by atoms with Crippen LogP contribution in [0.15, 0.2) is 0 Å². The maximum atomic E-state index is 6.41. The van der Waals surface area contributed by atoms with Gasteiger partial charge >= 0.3 is 0 Å². The van der Waals surface area contributed by atoms with Gasteiger partial charge in [-0.2, -0.15) is 0 Å². The molecule has 3 aliphatic rings. The van der Waals surface area contributed by atoms with E-state index in [0.29, 0.717) is 18.1 Å². The Bertz CT molecular complexity index is 291. The molecule has 0 radical (unpaired) electrons. The van der Waals surface area contributed by atoms with Crippen molar-refractivity contribution in [3.63, 3.8) is 0 Å². The summed E-state index contributed by atoms with van der Waals surface area (Å²) in [6.45, 7) is 3.16. The van der Waals surface area contributed by atoms with E-state index in [1.807, 2.05) is 0 Å². The first kappa shape index (κ1) is 13.8. The minimum atomic E-state index is -0.0458. The molecule has 4 heteroatoms. The minimum Gasteiger partial charge on any atom is -0.378 e. The van der Waals surface area contributed by atoms with Gasteiger partial charge in [-0.3, -0.25) is 0 Å². The first-order chi connectivity index (χ1) is 9.31. The molecule has 3 rings (SSSR count). The second-order valence-electron chi connectivity index (χ2n) is 6.40. The van der Waals surface area contributed by atoms with E-state index in [4.69, 9.17) is 19.9 Å². The number of nitrogens with two attached hydrogens (primary N) is 1. The predicted molar refractivity (Wildman–Crippen MR) is 73.0 cm³/mol. The highest BCUT2D eigenvalue weighted by atomic mass is 16.6. The van der Waals surface area contributed by atoms with Gasteiger partial charge in [0.1, 0.15) is 0 Å². The average molecular weight is 269 g/mol. The zero-order valence-electron chi connectivity index (χ0n) is 11.8. The number of hydrogen-bond acceptors (Lipinski definition) is 4. The lowest BCUT2D eigenvalue weighted by atomic mass is 9.85. The van der Waals surface area contributed by atoms with Crippen LogP contribution in [0, 0.1) is 5.92 Å². The zero-order chi connectivity index (χ0) is 13.1. The van der Waals surface area contributed by atoms with E-state index in [1.165, 1.54) is 25.7 Å². The molecule has 4 nitrogen and oxygen atoms in total. The molecule has 4 unspecified atom stereocenters. The Hall–Kier alpha value is -0.160. The van der Waals surface area contributed by atoms with Crippen LogP contribution in [0.3, 0.4) is 0 Å². The fourth-order valence-corrected chi connectivity index (χ4v) is 3.83. The van der Waals surface area contributed by atoms with Crippen molar-refractivity contribution in [2.24, 2.45) is 11.7 Å². The van der Waals surface area contributed by atoms with E-state index in [0.717, 1.165) is 45.6 Å². The molecule has 0 aromatic heterocycles. The standard InChI is InChI=1S/C15H27NO3/c16-10-12-3-1-2-4-14(12)19-13-5-7-18-15(9-13)6-8-17-11-15/h12-14H,1-11,16H2. The Balaban J connectivity index is 1.56. The summed E-state index contributed by atoms with van der Waals surface area (Å²) < 4.78 is 17.9. The quantitative estimate of drug-likeness (QED) is 0.849. The summed E-state index contributed by atoms with van der Waals surface area (Å²) in [5, 5.41) is 0. The van der Waals surface area contributed by atoms with E-state index < -0.39 is 0 Å². The fourth-order valence-electron chi connectivity index (χ4n) is 3.83. The van der Waals surface area contributed by atoms with Gasteiger partial charge in [-0.1, -0.05) is 12.8 Å². The minimum absolute atomic E-state index is 0.0458. The summed E-state index contributed by atoms with van der Waals surface area (Å²) >= 11 is 0. The summed E-state index contributed by atoms with van der Waals surface area (Å²) in [4.78, 5) is 0. The summed E-state index contributed by atoms with van der Waals surface area (Å²) in [6, 6.07) is 0. The molecule has 2 N–H and O–H groups in total. The van der Waals surface area contributed by atoms with Crippen molar-refractivity contribution in [2.75, 3.05) is 26.4 Å². The SMILES string of the molecule is NCC1CCCCC1OC1CCOC2(CCOC2)C1. The van der Waals surface area contributed by atoms with Gasteiger partial charge in [0.15, 0.2) is 0 Å². The van der Waals surface area contributed by atoms with Gasteiger partial charge in [0, 0.05) is 26.1 Å². The third-order valence-corrected chi connectivity index (χ3v) is 5.02. The van der Waals surface area contributed by atoms with Crippen molar-refractivity contribution in [1.29, 1.82) is 0 Å². The Kier molecular flexibility index (Phi) is 4.42. The molecule has 0 bridgehead atoms. The van der Waals surface area contributed by atoms with Crippen molar-refractivity contribution in [3.05, 3.63) is 0 Å². The Morgan fingerprint density at radius 1 is 1.16 bits per heavy atom. The normalized spacial score (nSPS) is 43.7. The van der Waals surface area contributed by atoms with Gasteiger partial charge in [0.25, 0.3) is 0 Å². The van der Waals surface area contributed by atoms with Crippen molar-refractivity contribution in [3.8, 4) is 0 Å². The molecule has 2 aliphatic heterocycles. The van der Waals surface area contributed by atoms with Crippen LogP contribution in [0.4, 0.5) is 0 Å². The second kappa shape index (κ2) is 6.08. The summed E-state index contributed by atoms with van der Waals surface area (Å²) in [6.07, 6.45) is 8.79. The molecule has 1 aliphatic carbocycles. The molecule has 1 spiro atoms. The molecule has 110 valence electrons. The molecule has 19 heavy (non-hydrogen) atoms. The molecule has 4 atom stereocenters. The average Bonchev–Trinajstić information content (AvgIpc) is 2.87. The lowest BCUT2D eigenvalue weighted by molar-refractivity contribution is -0.158. The van der Waals surface area contributed by atoms with Crippen LogP contribution in [0.1, 0.15) is 44.9 Å². The van der Waals surface area contributed by atoms with E-state index in [2.05, 4.69) is 0 Å². The Labute approximate surface area is 116 Å². The van der Waals surface area contributed by atoms with Crippen LogP contribution >= 0.6 is 0 Å². The van der Waals surface area contributed by atoms with Crippen molar-refractivity contribution in [2.45, 2.75) is 62.8 Å². The van der Waals surface area contributed by atoms with E-state index in [-0.39, 0.29) is 5.60 Å². The zero-order valence-corrected chi connectivity index (χ0v) is 11.8. The molecule has 1 saturated carbocycles. The largest absolute Gasteiger partial charge is 0.378 e. The topological polar surface area (TPSA) is 53.7 Å². The smallest absolute Gasteiger partial charge is 0.0961 e. The fraction of sp³-hybridized carbons (Fsp3) is 1.00. The number of rotatable bonds is 3. The number of ether oxygens (including phenoxy) is 3. The molecule has 0 aromatic rings. The van der Waals surface area contributed by atoms with E-state index in [1.54, 1.807) is 0 Å². The third-order valence-electron chi connectivity index (χ3n) is 5.02. The van der Waals surface area contributed by atoms with Gasteiger partial charge in [-0.15, -0.1) is 0 Å². The highest BCUT2D eigenvalue weighted by Gasteiger charge is 2.42. The summed E-state index contributed by atoms with van der Waals surface area (Å²) in [5.74, 6) is 0.562. The van der Waals surface area contributed by atoms with Crippen LogP contribution < -0.4 is 5.73 Å². The molecular formula is C15H27NO3. The molecule has 2 saturated heterocycles.